The van der Waals surface area contributed by atoms with E-state index in [0.717, 1.165) is 32.1 Å². The lowest BCUT2D eigenvalue weighted by Gasteiger charge is -2.37. The van der Waals surface area contributed by atoms with Gasteiger partial charge < -0.3 is 4.74 Å². The lowest BCUT2D eigenvalue weighted by molar-refractivity contribution is -0.160. The summed E-state index contributed by atoms with van der Waals surface area (Å²) in [4.78, 5) is 37.4. The van der Waals surface area contributed by atoms with E-state index in [1.165, 1.54) is 44.1 Å². The second-order valence-corrected chi connectivity index (χ2v) is 9.39. The average Bonchev–Trinajstić information content (AvgIpc) is 2.80. The monoisotopic (exact) mass is 426 g/mol. The summed E-state index contributed by atoms with van der Waals surface area (Å²) in [6.45, 7) is 2.22. The number of fused-ring (bicyclic) bond motifs is 1. The van der Waals surface area contributed by atoms with Gasteiger partial charge in [0.25, 0.3) is 0 Å². The summed E-state index contributed by atoms with van der Waals surface area (Å²) in [5.74, 6) is 0.198. The van der Waals surface area contributed by atoms with Crippen LogP contribution < -0.4 is 0 Å². The third kappa shape index (κ3) is 7.02. The number of carbonyl (C=O) groups excluding carboxylic acids is 3. The Labute approximate surface area is 187 Å². The molecule has 0 N–H and O–H groups in total. The van der Waals surface area contributed by atoms with Crippen LogP contribution in [0.25, 0.3) is 0 Å². The topological polar surface area (TPSA) is 60.4 Å². The van der Waals surface area contributed by atoms with Crippen molar-refractivity contribution in [1.29, 1.82) is 0 Å². The number of unbranched alkanes of at least 4 members (excludes halogenated alkanes) is 4. The standard InChI is InChI=1S/C27H38O4/c1-2-3-4-5-6-9-20-12-14-22(15-13-20)24(28)17-19-26(29)31-25-18-16-21-10-7-8-11-23(21)27(25)30/h12-15,21,23,25H,2-11,16-19H2,1H3. The normalized spacial score (nSPS) is 23.3. The molecule has 3 rings (SSSR count). The number of hydrogen-bond acceptors (Lipinski definition) is 4. The van der Waals surface area contributed by atoms with Gasteiger partial charge in [-0.15, -0.1) is 0 Å². The molecule has 4 heteroatoms. The van der Waals surface area contributed by atoms with Crippen LogP contribution in [-0.4, -0.2) is 23.6 Å². The second kappa shape index (κ2) is 12.2. The zero-order chi connectivity index (χ0) is 22.1. The van der Waals surface area contributed by atoms with Gasteiger partial charge >= 0.3 is 5.97 Å². The van der Waals surface area contributed by atoms with E-state index in [1.54, 1.807) is 0 Å². The van der Waals surface area contributed by atoms with Crippen LogP contribution in [0.2, 0.25) is 0 Å². The fraction of sp³-hybridized carbons (Fsp3) is 0.667. The number of benzene rings is 1. The molecule has 3 unspecified atom stereocenters. The molecular formula is C27H38O4. The Morgan fingerprint density at radius 2 is 1.65 bits per heavy atom. The van der Waals surface area contributed by atoms with E-state index in [1.807, 2.05) is 24.3 Å². The van der Waals surface area contributed by atoms with Gasteiger partial charge in [0.1, 0.15) is 0 Å². The molecule has 0 saturated heterocycles. The van der Waals surface area contributed by atoms with E-state index < -0.39 is 12.1 Å². The lowest BCUT2D eigenvalue weighted by atomic mass is 9.69. The molecule has 31 heavy (non-hydrogen) atoms. The highest BCUT2D eigenvalue weighted by atomic mass is 16.5. The number of hydrogen-bond donors (Lipinski definition) is 0. The predicted molar refractivity (Wildman–Crippen MR) is 122 cm³/mol. The Balaban J connectivity index is 1.39. The van der Waals surface area contributed by atoms with E-state index in [0.29, 0.717) is 17.9 Å². The minimum atomic E-state index is -0.599. The van der Waals surface area contributed by atoms with Gasteiger partial charge in [-0.05, 0) is 50.0 Å². The Hall–Kier alpha value is -1.97. The molecule has 0 bridgehead atoms. The smallest absolute Gasteiger partial charge is 0.306 e. The predicted octanol–water partition coefficient (Wildman–Crippen LogP) is 6.24. The van der Waals surface area contributed by atoms with Crippen LogP contribution >= 0.6 is 0 Å². The van der Waals surface area contributed by atoms with Gasteiger partial charge in [0.2, 0.25) is 0 Å². The largest absolute Gasteiger partial charge is 0.454 e. The highest BCUT2D eigenvalue weighted by Gasteiger charge is 2.40. The summed E-state index contributed by atoms with van der Waals surface area (Å²) in [5, 5.41) is 0. The molecule has 1 aromatic carbocycles. The number of carbonyl (C=O) groups is 3. The zero-order valence-electron chi connectivity index (χ0n) is 19.1. The third-order valence-corrected chi connectivity index (χ3v) is 7.07. The van der Waals surface area contributed by atoms with Crippen molar-refractivity contribution >= 4 is 17.5 Å². The average molecular weight is 427 g/mol. The summed E-state index contributed by atoms with van der Waals surface area (Å²) < 4.78 is 5.49. The molecule has 2 aliphatic carbocycles. The summed E-state index contributed by atoms with van der Waals surface area (Å²) in [5.41, 5.74) is 1.89. The Morgan fingerprint density at radius 3 is 2.42 bits per heavy atom. The van der Waals surface area contributed by atoms with E-state index in [9.17, 15) is 14.4 Å². The number of ketones is 2. The van der Waals surface area contributed by atoms with Crippen LogP contribution in [0.3, 0.4) is 0 Å². The quantitative estimate of drug-likeness (QED) is 0.239. The molecule has 4 nitrogen and oxygen atoms in total. The fourth-order valence-electron chi connectivity index (χ4n) is 5.16. The third-order valence-electron chi connectivity index (χ3n) is 7.07. The summed E-state index contributed by atoms with van der Waals surface area (Å²) >= 11 is 0. The van der Waals surface area contributed by atoms with E-state index in [4.69, 9.17) is 4.74 Å². The molecular weight excluding hydrogens is 388 g/mol. The number of ether oxygens (including phenoxy) is 1. The van der Waals surface area contributed by atoms with Crippen molar-refractivity contribution in [2.45, 2.75) is 103 Å². The van der Waals surface area contributed by atoms with Gasteiger partial charge in [0.15, 0.2) is 17.7 Å². The summed E-state index contributed by atoms with van der Waals surface area (Å²) in [6, 6.07) is 7.77. The van der Waals surface area contributed by atoms with Gasteiger partial charge in [0.05, 0.1) is 6.42 Å². The van der Waals surface area contributed by atoms with Gasteiger partial charge in [-0.3, -0.25) is 14.4 Å². The van der Waals surface area contributed by atoms with Crippen LogP contribution in [-0.2, 0) is 20.7 Å². The van der Waals surface area contributed by atoms with Crippen molar-refractivity contribution < 1.29 is 19.1 Å². The van der Waals surface area contributed by atoms with Crippen molar-refractivity contribution in [1.82, 2.24) is 0 Å². The Bertz CT molecular complexity index is 736. The van der Waals surface area contributed by atoms with Crippen LogP contribution in [0.5, 0.6) is 0 Å². The Kier molecular flexibility index (Phi) is 9.30. The second-order valence-electron chi connectivity index (χ2n) is 9.39. The first kappa shape index (κ1) is 23.7. The molecule has 0 heterocycles. The highest BCUT2D eigenvalue weighted by molar-refractivity contribution is 5.97. The van der Waals surface area contributed by atoms with Gasteiger partial charge in [-0.1, -0.05) is 69.7 Å². The molecule has 3 atom stereocenters. The first-order valence-electron chi connectivity index (χ1n) is 12.4. The van der Waals surface area contributed by atoms with E-state index in [-0.39, 0.29) is 30.3 Å². The van der Waals surface area contributed by atoms with Crippen LogP contribution in [0, 0.1) is 11.8 Å². The summed E-state index contributed by atoms with van der Waals surface area (Å²) in [6.07, 6.45) is 12.9. The van der Waals surface area contributed by atoms with Crippen LogP contribution in [0.15, 0.2) is 24.3 Å². The van der Waals surface area contributed by atoms with Crippen molar-refractivity contribution in [3.8, 4) is 0 Å². The SMILES string of the molecule is CCCCCCCc1ccc(C(=O)CCC(=O)OC2CCC3CCCCC3C2=O)cc1. The number of rotatable bonds is 11. The van der Waals surface area contributed by atoms with Crippen molar-refractivity contribution in [3.05, 3.63) is 35.4 Å². The molecule has 1 aromatic rings. The maximum atomic E-state index is 12.7. The molecule has 0 amide bonds. The number of aryl methyl sites for hydroxylation is 1. The molecule has 0 aliphatic heterocycles. The molecule has 2 saturated carbocycles. The van der Waals surface area contributed by atoms with E-state index >= 15 is 0 Å². The number of esters is 1. The van der Waals surface area contributed by atoms with Gasteiger partial charge in [-0.2, -0.15) is 0 Å². The molecule has 2 aliphatic rings. The highest BCUT2D eigenvalue weighted by Crippen LogP contribution is 2.39. The zero-order valence-corrected chi connectivity index (χ0v) is 19.1. The Morgan fingerprint density at radius 1 is 0.903 bits per heavy atom. The molecule has 170 valence electrons. The summed E-state index contributed by atoms with van der Waals surface area (Å²) in [7, 11) is 0. The maximum absolute atomic E-state index is 12.7. The minimum Gasteiger partial charge on any atom is -0.454 e. The lowest BCUT2D eigenvalue weighted by Crippen LogP contribution is -2.42. The van der Waals surface area contributed by atoms with Crippen LogP contribution in [0.4, 0.5) is 0 Å². The van der Waals surface area contributed by atoms with E-state index in [2.05, 4.69) is 6.92 Å². The molecule has 0 spiro atoms. The van der Waals surface area contributed by atoms with Gasteiger partial charge in [0, 0.05) is 17.9 Å². The molecule has 0 radical (unpaired) electrons. The van der Waals surface area contributed by atoms with Crippen molar-refractivity contribution in [3.63, 3.8) is 0 Å². The first-order chi connectivity index (χ1) is 15.1. The van der Waals surface area contributed by atoms with Gasteiger partial charge in [-0.25, -0.2) is 0 Å². The van der Waals surface area contributed by atoms with Crippen LogP contribution in [0.1, 0.15) is 106 Å². The van der Waals surface area contributed by atoms with Crippen molar-refractivity contribution in [2.24, 2.45) is 11.8 Å². The first-order valence-corrected chi connectivity index (χ1v) is 12.4. The maximum Gasteiger partial charge on any atom is 0.306 e. The molecule has 0 aromatic heterocycles. The number of Topliss-reactive ketones (excluding diaryl/α,β-unsaturated/α-hetero) is 2. The fourth-order valence-corrected chi connectivity index (χ4v) is 5.16. The van der Waals surface area contributed by atoms with Crippen molar-refractivity contribution in [2.75, 3.05) is 0 Å². The molecule has 2 fully saturated rings. The minimum absolute atomic E-state index is 0.0376.